The number of hydrogen-bond donors (Lipinski definition) is 2. The summed E-state index contributed by atoms with van der Waals surface area (Å²) in [4.78, 5) is 0. The summed E-state index contributed by atoms with van der Waals surface area (Å²) in [6.07, 6.45) is 12.0. The second-order valence-electron chi connectivity index (χ2n) is 4.97. The monoisotopic (exact) mass is 287 g/mol. The molecule has 2 N–H and O–H groups in total. The smallest absolute Gasteiger partial charge is 0.187 e. The average Bonchev–Trinajstić information content (AvgIpc) is 2.49. The Kier molecular flexibility index (Phi) is 6.24. The van der Waals surface area contributed by atoms with Gasteiger partial charge in [-0.1, -0.05) is 55.7 Å². The van der Waals surface area contributed by atoms with Gasteiger partial charge >= 0.3 is 0 Å². The van der Waals surface area contributed by atoms with Gasteiger partial charge in [0.1, 0.15) is 0 Å². The molecule has 1 aromatic rings. The highest BCUT2D eigenvalue weighted by Gasteiger charge is 2.13. The van der Waals surface area contributed by atoms with Crippen LogP contribution >= 0.6 is 12.2 Å². The number of nitrogens with zero attached hydrogens (tertiary/aromatic N) is 1. The molecule has 0 heterocycles. The predicted octanol–water partition coefficient (Wildman–Crippen LogP) is 3.48. The van der Waals surface area contributed by atoms with Crippen molar-refractivity contribution in [1.82, 2.24) is 10.7 Å². The lowest BCUT2D eigenvalue weighted by Crippen LogP contribution is -2.40. The molecule has 0 atom stereocenters. The van der Waals surface area contributed by atoms with Crippen molar-refractivity contribution in [2.75, 3.05) is 0 Å². The second kappa shape index (κ2) is 8.48. The van der Waals surface area contributed by atoms with E-state index in [1.165, 1.54) is 32.1 Å². The van der Waals surface area contributed by atoms with Crippen LogP contribution in [0.15, 0.2) is 41.5 Å². The lowest BCUT2D eigenvalue weighted by Gasteiger charge is -2.23. The fourth-order valence-corrected chi connectivity index (χ4v) is 2.54. The standard InChI is InChI=1S/C16H21N3S/c20-16(18-15-11-5-2-6-12-15)19-17-13-7-10-14-8-3-1-4-9-14/h1,3-4,7-10,13,15H,2,5-6,11-12H2,(H2,18,19,20)/b10-7+,17-13-. The normalized spacial score (nSPS) is 16.6. The third kappa shape index (κ3) is 5.53. The van der Waals surface area contributed by atoms with Gasteiger partial charge in [0.2, 0.25) is 0 Å². The van der Waals surface area contributed by atoms with Gasteiger partial charge in [-0.3, -0.25) is 5.43 Å². The van der Waals surface area contributed by atoms with Crippen LogP contribution in [0.4, 0.5) is 0 Å². The van der Waals surface area contributed by atoms with Gasteiger partial charge in [-0.05, 0) is 36.7 Å². The molecule has 0 radical (unpaired) electrons. The number of thiocarbonyl (C=S) groups is 1. The van der Waals surface area contributed by atoms with Crippen LogP contribution in [-0.4, -0.2) is 17.4 Å². The second-order valence-corrected chi connectivity index (χ2v) is 5.38. The molecule has 3 nitrogen and oxygen atoms in total. The third-order valence-electron chi connectivity index (χ3n) is 3.36. The highest BCUT2D eigenvalue weighted by molar-refractivity contribution is 7.80. The van der Waals surface area contributed by atoms with Gasteiger partial charge in [0.05, 0.1) is 0 Å². The lowest BCUT2D eigenvalue weighted by atomic mass is 9.96. The van der Waals surface area contributed by atoms with Crippen LogP contribution in [0.5, 0.6) is 0 Å². The van der Waals surface area contributed by atoms with Crippen molar-refractivity contribution in [2.24, 2.45) is 5.10 Å². The van der Waals surface area contributed by atoms with Crippen LogP contribution < -0.4 is 10.7 Å². The first-order valence-corrected chi connectivity index (χ1v) is 7.57. The largest absolute Gasteiger partial charge is 0.359 e. The number of hydrazone groups is 1. The van der Waals surface area contributed by atoms with Gasteiger partial charge in [-0.25, -0.2) is 0 Å². The summed E-state index contributed by atoms with van der Waals surface area (Å²) in [7, 11) is 0. The zero-order valence-corrected chi connectivity index (χ0v) is 12.4. The Morgan fingerprint density at radius 2 is 1.90 bits per heavy atom. The molecule has 0 spiro atoms. The molecule has 0 unspecified atom stereocenters. The van der Waals surface area contributed by atoms with E-state index in [0.717, 1.165) is 5.56 Å². The van der Waals surface area contributed by atoms with Gasteiger partial charge in [-0.2, -0.15) is 5.10 Å². The van der Waals surface area contributed by atoms with Crippen molar-refractivity contribution in [2.45, 2.75) is 38.1 Å². The summed E-state index contributed by atoms with van der Waals surface area (Å²) >= 11 is 5.22. The molecule has 0 aliphatic heterocycles. The van der Waals surface area contributed by atoms with E-state index in [9.17, 15) is 0 Å². The Morgan fingerprint density at radius 1 is 1.15 bits per heavy atom. The molecule has 0 aromatic heterocycles. The molecule has 1 fully saturated rings. The Morgan fingerprint density at radius 3 is 2.65 bits per heavy atom. The Hall–Kier alpha value is -1.68. The van der Waals surface area contributed by atoms with E-state index in [1.807, 2.05) is 42.5 Å². The van der Waals surface area contributed by atoms with Gasteiger partial charge < -0.3 is 5.32 Å². The van der Waals surface area contributed by atoms with Crippen LogP contribution in [0.2, 0.25) is 0 Å². The first-order valence-electron chi connectivity index (χ1n) is 7.16. The highest BCUT2D eigenvalue weighted by Crippen LogP contribution is 2.17. The molecule has 106 valence electrons. The number of rotatable bonds is 4. The topological polar surface area (TPSA) is 36.4 Å². The molecule has 1 aliphatic carbocycles. The number of nitrogens with one attached hydrogen (secondary N) is 2. The zero-order valence-electron chi connectivity index (χ0n) is 11.6. The molecule has 0 amide bonds. The summed E-state index contributed by atoms with van der Waals surface area (Å²) in [5.41, 5.74) is 4.01. The van der Waals surface area contributed by atoms with Gasteiger partial charge in [0, 0.05) is 12.3 Å². The van der Waals surface area contributed by atoms with Gasteiger partial charge in [0.25, 0.3) is 0 Å². The van der Waals surface area contributed by atoms with E-state index >= 15 is 0 Å². The number of benzene rings is 1. The minimum Gasteiger partial charge on any atom is -0.359 e. The van der Waals surface area contributed by atoms with E-state index in [1.54, 1.807) is 6.21 Å². The van der Waals surface area contributed by atoms with Crippen molar-refractivity contribution >= 4 is 29.6 Å². The van der Waals surface area contributed by atoms with Gasteiger partial charge in [0.15, 0.2) is 5.11 Å². The first-order chi connectivity index (χ1) is 9.84. The summed E-state index contributed by atoms with van der Waals surface area (Å²) in [5.74, 6) is 0. The van der Waals surface area contributed by atoms with Crippen molar-refractivity contribution in [3.05, 3.63) is 42.0 Å². The van der Waals surface area contributed by atoms with E-state index in [4.69, 9.17) is 12.2 Å². The van der Waals surface area contributed by atoms with Crippen LogP contribution in [-0.2, 0) is 0 Å². The lowest BCUT2D eigenvalue weighted by molar-refractivity contribution is 0.412. The molecule has 4 heteroatoms. The molecule has 20 heavy (non-hydrogen) atoms. The zero-order chi connectivity index (χ0) is 14.0. The van der Waals surface area contributed by atoms with Crippen LogP contribution in [0.25, 0.3) is 6.08 Å². The van der Waals surface area contributed by atoms with Crippen LogP contribution in [0, 0.1) is 0 Å². The van der Waals surface area contributed by atoms with Crippen LogP contribution in [0.1, 0.15) is 37.7 Å². The maximum Gasteiger partial charge on any atom is 0.187 e. The van der Waals surface area contributed by atoms with E-state index in [-0.39, 0.29) is 0 Å². The number of allylic oxidation sites excluding steroid dienone is 1. The minimum atomic E-state index is 0.513. The molecule has 2 rings (SSSR count). The fourth-order valence-electron chi connectivity index (χ4n) is 2.32. The SMILES string of the molecule is S=C(N/N=C\C=C\c1ccccc1)NC1CCCCC1. The summed E-state index contributed by atoms with van der Waals surface area (Å²) < 4.78 is 0. The molecule has 1 aliphatic rings. The highest BCUT2D eigenvalue weighted by atomic mass is 32.1. The fraction of sp³-hybridized carbons (Fsp3) is 0.375. The molecular formula is C16H21N3S. The summed E-state index contributed by atoms with van der Waals surface area (Å²) in [6.45, 7) is 0. The molecular weight excluding hydrogens is 266 g/mol. The summed E-state index contributed by atoms with van der Waals surface area (Å²) in [5, 5.41) is 8.01. The van der Waals surface area contributed by atoms with E-state index < -0.39 is 0 Å². The Bertz CT molecular complexity index is 462. The first kappa shape index (κ1) is 14.7. The quantitative estimate of drug-likeness (QED) is 0.506. The molecule has 0 saturated heterocycles. The third-order valence-corrected chi connectivity index (χ3v) is 3.56. The molecule has 1 saturated carbocycles. The Balaban J connectivity index is 1.67. The molecule has 0 bridgehead atoms. The van der Waals surface area contributed by atoms with Crippen molar-refractivity contribution in [3.63, 3.8) is 0 Å². The summed E-state index contributed by atoms with van der Waals surface area (Å²) in [6, 6.07) is 10.6. The average molecular weight is 287 g/mol. The maximum absolute atomic E-state index is 5.22. The number of hydrogen-bond acceptors (Lipinski definition) is 2. The van der Waals surface area contributed by atoms with Gasteiger partial charge in [-0.15, -0.1) is 0 Å². The Labute approximate surface area is 126 Å². The van der Waals surface area contributed by atoms with Crippen molar-refractivity contribution in [3.8, 4) is 0 Å². The van der Waals surface area contributed by atoms with E-state index in [2.05, 4.69) is 15.8 Å². The molecule has 1 aromatic carbocycles. The van der Waals surface area contributed by atoms with Crippen molar-refractivity contribution < 1.29 is 0 Å². The maximum atomic E-state index is 5.22. The predicted molar refractivity (Wildman–Crippen MR) is 89.7 cm³/mol. The van der Waals surface area contributed by atoms with Crippen LogP contribution in [0.3, 0.4) is 0 Å². The minimum absolute atomic E-state index is 0.513. The van der Waals surface area contributed by atoms with E-state index in [0.29, 0.717) is 11.2 Å². The van der Waals surface area contributed by atoms with Crippen molar-refractivity contribution in [1.29, 1.82) is 0 Å².